The quantitative estimate of drug-likeness (QED) is 0.525. The van der Waals surface area contributed by atoms with Crippen molar-refractivity contribution in [3.05, 3.63) is 0 Å². The number of rotatable bonds is 0. The van der Waals surface area contributed by atoms with Gasteiger partial charge in [-0.2, -0.15) is 0 Å². The van der Waals surface area contributed by atoms with Gasteiger partial charge in [-0.1, -0.05) is 0 Å². The highest BCUT2D eigenvalue weighted by Gasteiger charge is 2.19. The van der Waals surface area contributed by atoms with Crippen LogP contribution >= 0.6 is 0 Å². The Labute approximate surface area is 66.4 Å². The molecule has 1 unspecified atom stereocenters. The molecule has 0 saturated carbocycles. The zero-order valence-corrected chi connectivity index (χ0v) is 6.85. The summed E-state index contributed by atoms with van der Waals surface area (Å²) in [7, 11) is 1.96. The molecule has 1 saturated heterocycles. The maximum atomic E-state index is 12.8. The molecule has 0 aromatic rings. The molecule has 1 rings (SSSR count). The molecule has 1 aliphatic heterocycles. The lowest BCUT2D eigenvalue weighted by molar-refractivity contribution is -0.124. The van der Waals surface area contributed by atoms with Crippen LogP contribution in [0.3, 0.4) is 0 Å². The van der Waals surface area contributed by atoms with E-state index in [4.69, 9.17) is 0 Å². The molecule has 0 N–H and O–H groups in total. The zero-order valence-electron chi connectivity index (χ0n) is 6.85. The second-order valence-corrected chi connectivity index (χ2v) is 3.13. The minimum atomic E-state index is -1.21. The number of hydrogen-bond acceptors (Lipinski definition) is 2. The van der Waals surface area contributed by atoms with Crippen LogP contribution in [0, 0.1) is 0 Å². The van der Waals surface area contributed by atoms with Crippen molar-refractivity contribution in [3.8, 4) is 0 Å². The van der Waals surface area contributed by atoms with E-state index in [9.17, 15) is 9.18 Å². The van der Waals surface area contributed by atoms with Crippen LogP contribution in [0.15, 0.2) is 0 Å². The predicted octanol–water partition coefficient (Wildman–Crippen LogP) is 1.01. The SMILES string of the molecule is CN1CCCC(=O)C(F)CC1. The summed E-state index contributed by atoms with van der Waals surface area (Å²) in [5.41, 5.74) is 0. The Balaban J connectivity index is 2.41. The number of ketones is 1. The third-order valence-electron chi connectivity index (χ3n) is 2.08. The van der Waals surface area contributed by atoms with Gasteiger partial charge in [-0.05, 0) is 26.4 Å². The third-order valence-corrected chi connectivity index (χ3v) is 2.08. The molecule has 1 aliphatic rings. The molecule has 0 spiro atoms. The summed E-state index contributed by atoms with van der Waals surface area (Å²) < 4.78 is 12.8. The van der Waals surface area contributed by atoms with E-state index in [1.165, 1.54) is 0 Å². The van der Waals surface area contributed by atoms with Crippen LogP contribution in [-0.2, 0) is 4.79 Å². The molecule has 0 radical (unpaired) electrons. The zero-order chi connectivity index (χ0) is 8.27. The molecule has 0 aromatic carbocycles. The minimum Gasteiger partial charge on any atom is -0.306 e. The monoisotopic (exact) mass is 159 g/mol. The van der Waals surface area contributed by atoms with Crippen LogP contribution < -0.4 is 0 Å². The van der Waals surface area contributed by atoms with Gasteiger partial charge in [0, 0.05) is 13.0 Å². The molecular weight excluding hydrogens is 145 g/mol. The Morgan fingerprint density at radius 2 is 2.27 bits per heavy atom. The lowest BCUT2D eigenvalue weighted by Gasteiger charge is -2.20. The predicted molar refractivity (Wildman–Crippen MR) is 41.3 cm³/mol. The number of likely N-dealkylation sites (tertiary alicyclic amines) is 1. The molecule has 3 heteroatoms. The average Bonchev–Trinajstić information content (AvgIpc) is 1.98. The molecule has 0 aromatic heterocycles. The van der Waals surface area contributed by atoms with Crippen molar-refractivity contribution in [1.82, 2.24) is 4.90 Å². The molecular formula is C8H14FNO. The molecule has 0 aliphatic carbocycles. The van der Waals surface area contributed by atoms with Crippen LogP contribution in [0.4, 0.5) is 4.39 Å². The number of hydrogen-bond donors (Lipinski definition) is 0. The highest BCUT2D eigenvalue weighted by molar-refractivity contribution is 5.82. The first-order valence-electron chi connectivity index (χ1n) is 4.05. The van der Waals surface area contributed by atoms with Gasteiger partial charge in [0.1, 0.15) is 0 Å². The van der Waals surface area contributed by atoms with Crippen LogP contribution in [0.2, 0.25) is 0 Å². The second kappa shape index (κ2) is 3.81. The van der Waals surface area contributed by atoms with Crippen LogP contribution in [-0.4, -0.2) is 37.0 Å². The summed E-state index contributed by atoms with van der Waals surface area (Å²) in [5, 5.41) is 0. The molecule has 0 bridgehead atoms. The molecule has 2 nitrogen and oxygen atoms in total. The fraction of sp³-hybridized carbons (Fsp3) is 0.875. The lowest BCUT2D eigenvalue weighted by Crippen LogP contribution is -2.30. The highest BCUT2D eigenvalue weighted by Crippen LogP contribution is 2.09. The van der Waals surface area contributed by atoms with Crippen molar-refractivity contribution in [2.45, 2.75) is 25.4 Å². The van der Waals surface area contributed by atoms with Crippen molar-refractivity contribution in [2.75, 3.05) is 20.1 Å². The molecule has 11 heavy (non-hydrogen) atoms. The number of Topliss-reactive ketones (excluding diaryl/α,β-unsaturated/α-hetero) is 1. The van der Waals surface area contributed by atoms with Crippen molar-refractivity contribution < 1.29 is 9.18 Å². The number of carbonyl (C=O) groups is 1. The fourth-order valence-corrected chi connectivity index (χ4v) is 1.29. The molecule has 0 amide bonds. The fourth-order valence-electron chi connectivity index (χ4n) is 1.29. The number of nitrogens with zero attached hydrogens (tertiary/aromatic N) is 1. The number of halogens is 1. The first-order chi connectivity index (χ1) is 5.20. The number of alkyl halides is 1. The van der Waals surface area contributed by atoms with E-state index in [0.717, 1.165) is 13.0 Å². The van der Waals surface area contributed by atoms with E-state index >= 15 is 0 Å². The third kappa shape index (κ3) is 2.58. The summed E-state index contributed by atoms with van der Waals surface area (Å²) in [5.74, 6) is -0.210. The van der Waals surface area contributed by atoms with Crippen molar-refractivity contribution >= 4 is 5.78 Å². The Bertz CT molecular complexity index is 149. The van der Waals surface area contributed by atoms with Gasteiger partial charge in [-0.3, -0.25) is 4.79 Å². The van der Waals surface area contributed by atoms with Crippen molar-refractivity contribution in [3.63, 3.8) is 0 Å². The van der Waals surface area contributed by atoms with Gasteiger partial charge in [-0.15, -0.1) is 0 Å². The van der Waals surface area contributed by atoms with E-state index < -0.39 is 6.17 Å². The Morgan fingerprint density at radius 3 is 3.00 bits per heavy atom. The molecule has 64 valence electrons. The standard InChI is InChI=1S/C8H14FNO/c1-10-5-2-3-8(11)7(9)4-6-10/h7H,2-6H2,1H3. The van der Waals surface area contributed by atoms with Gasteiger partial charge in [-0.25, -0.2) is 4.39 Å². The van der Waals surface area contributed by atoms with Crippen LogP contribution in [0.25, 0.3) is 0 Å². The minimum absolute atomic E-state index is 0.210. The van der Waals surface area contributed by atoms with Crippen molar-refractivity contribution in [2.24, 2.45) is 0 Å². The maximum Gasteiger partial charge on any atom is 0.166 e. The van der Waals surface area contributed by atoms with Crippen molar-refractivity contribution in [1.29, 1.82) is 0 Å². The van der Waals surface area contributed by atoms with E-state index in [2.05, 4.69) is 4.90 Å². The normalized spacial score (nSPS) is 29.6. The van der Waals surface area contributed by atoms with Gasteiger partial charge < -0.3 is 4.90 Å². The number of carbonyl (C=O) groups excluding carboxylic acids is 1. The summed E-state index contributed by atoms with van der Waals surface area (Å²) in [4.78, 5) is 12.9. The first-order valence-corrected chi connectivity index (χ1v) is 4.05. The summed E-state index contributed by atoms with van der Waals surface area (Å²) >= 11 is 0. The lowest BCUT2D eigenvalue weighted by atomic mass is 10.1. The Morgan fingerprint density at radius 1 is 1.55 bits per heavy atom. The molecule has 1 atom stereocenters. The van der Waals surface area contributed by atoms with Gasteiger partial charge in [0.25, 0.3) is 0 Å². The second-order valence-electron chi connectivity index (χ2n) is 3.13. The average molecular weight is 159 g/mol. The molecule has 1 heterocycles. The highest BCUT2D eigenvalue weighted by atomic mass is 19.1. The summed E-state index contributed by atoms with van der Waals surface area (Å²) in [6, 6.07) is 0. The van der Waals surface area contributed by atoms with E-state index in [-0.39, 0.29) is 5.78 Å². The smallest absolute Gasteiger partial charge is 0.166 e. The summed E-state index contributed by atoms with van der Waals surface area (Å²) in [6.07, 6.45) is 0.370. The topological polar surface area (TPSA) is 20.3 Å². The first kappa shape index (κ1) is 8.65. The van der Waals surface area contributed by atoms with E-state index in [1.807, 2.05) is 7.05 Å². The summed E-state index contributed by atoms with van der Waals surface area (Å²) in [6.45, 7) is 1.62. The van der Waals surface area contributed by atoms with Crippen LogP contribution in [0.5, 0.6) is 0 Å². The van der Waals surface area contributed by atoms with Gasteiger partial charge >= 0.3 is 0 Å². The van der Waals surface area contributed by atoms with Crippen LogP contribution in [0.1, 0.15) is 19.3 Å². The van der Waals surface area contributed by atoms with E-state index in [0.29, 0.717) is 19.4 Å². The molecule has 1 fully saturated rings. The Kier molecular flexibility index (Phi) is 3.00. The Hall–Kier alpha value is -0.440. The van der Waals surface area contributed by atoms with Gasteiger partial charge in [0.15, 0.2) is 12.0 Å². The van der Waals surface area contributed by atoms with E-state index in [1.54, 1.807) is 0 Å². The van der Waals surface area contributed by atoms with Gasteiger partial charge in [0.05, 0.1) is 0 Å². The largest absolute Gasteiger partial charge is 0.306 e. The van der Waals surface area contributed by atoms with Gasteiger partial charge in [0.2, 0.25) is 0 Å². The maximum absolute atomic E-state index is 12.8.